The second-order valence-electron chi connectivity index (χ2n) is 7.97. The number of aromatic nitrogens is 2. The molecular weight excluding hydrogens is 433 g/mol. The number of nitrogen functional groups attached to an aromatic ring is 1. The van der Waals surface area contributed by atoms with Gasteiger partial charge in [0.1, 0.15) is 23.9 Å². The van der Waals surface area contributed by atoms with Crippen LogP contribution in [0.25, 0.3) is 10.9 Å². The minimum Gasteiger partial charge on any atom is -0.496 e. The molecule has 9 heteroatoms. The fourth-order valence-electron chi connectivity index (χ4n) is 4.01. The van der Waals surface area contributed by atoms with Crippen molar-refractivity contribution in [2.24, 2.45) is 5.92 Å². The van der Waals surface area contributed by atoms with Gasteiger partial charge in [0.15, 0.2) is 0 Å². The molecule has 4 rings (SSSR count). The lowest BCUT2D eigenvalue weighted by atomic mass is 9.96. The first kappa shape index (κ1) is 22.7. The van der Waals surface area contributed by atoms with E-state index in [2.05, 4.69) is 21.2 Å². The number of hydrogen-bond acceptors (Lipinski definition) is 6. The largest absolute Gasteiger partial charge is 0.496 e. The molecule has 0 amide bonds. The Morgan fingerprint density at radius 3 is 2.76 bits per heavy atom. The number of anilines is 2. The normalized spacial score (nSPS) is 17.0. The molecule has 2 aromatic carbocycles. The first-order chi connectivity index (χ1) is 15.8. The molecule has 1 unspecified atom stereocenters. The molecule has 3 aromatic rings. The number of methoxy groups -OCH3 is 1. The van der Waals surface area contributed by atoms with Crippen LogP contribution in [0.2, 0.25) is 0 Å². The number of nitrogens with one attached hydrogen (secondary N) is 1. The maximum Gasteiger partial charge on any atom is 0.416 e. The van der Waals surface area contributed by atoms with Gasteiger partial charge in [0.05, 0.1) is 18.2 Å². The zero-order chi connectivity index (χ0) is 23.6. The molecular formula is C24H23F3N4O2. The number of terminal acetylenes is 1. The van der Waals surface area contributed by atoms with Crippen LogP contribution in [-0.4, -0.2) is 30.3 Å². The summed E-state index contributed by atoms with van der Waals surface area (Å²) in [5, 5.41) is 3.76. The highest BCUT2D eigenvalue weighted by molar-refractivity contribution is 5.91. The van der Waals surface area contributed by atoms with E-state index in [1.54, 1.807) is 7.11 Å². The fourth-order valence-corrected chi connectivity index (χ4v) is 4.01. The number of hydrogen-bond donors (Lipinski definition) is 2. The van der Waals surface area contributed by atoms with Crippen molar-refractivity contribution in [2.45, 2.75) is 25.1 Å². The van der Waals surface area contributed by atoms with E-state index in [-0.39, 0.29) is 11.3 Å². The first-order valence-corrected chi connectivity index (χ1v) is 10.4. The Bertz CT molecular complexity index is 1200. The molecule has 1 fully saturated rings. The van der Waals surface area contributed by atoms with Crippen molar-refractivity contribution in [3.05, 3.63) is 53.3 Å². The number of ether oxygens (including phenoxy) is 2. The summed E-state index contributed by atoms with van der Waals surface area (Å²) in [4.78, 5) is 8.62. The SMILES string of the molecule is C#CC(Nc1ncnc2cc(OC)c(C[C@@H]3CCOC3)cc12)c1cc(N)cc(C(F)(F)F)c1. The first-order valence-electron chi connectivity index (χ1n) is 10.4. The summed E-state index contributed by atoms with van der Waals surface area (Å²) in [6.45, 7) is 1.42. The Hall–Kier alpha value is -3.51. The number of nitrogens with zero attached hydrogens (tertiary/aromatic N) is 2. The molecule has 1 aliphatic rings. The Kier molecular flexibility index (Phi) is 6.29. The number of rotatable bonds is 6. The average Bonchev–Trinajstić information content (AvgIpc) is 3.29. The van der Waals surface area contributed by atoms with Gasteiger partial charge in [0.25, 0.3) is 0 Å². The number of fused-ring (bicyclic) bond motifs is 1. The number of nitrogens with two attached hydrogens (primary N) is 1. The molecule has 1 aromatic heterocycles. The van der Waals surface area contributed by atoms with Crippen molar-refractivity contribution in [3.63, 3.8) is 0 Å². The molecule has 0 saturated carbocycles. The summed E-state index contributed by atoms with van der Waals surface area (Å²) in [6, 6.07) is 6.16. The lowest BCUT2D eigenvalue weighted by Crippen LogP contribution is -2.13. The Labute approximate surface area is 189 Å². The minimum atomic E-state index is -4.54. The predicted molar refractivity (Wildman–Crippen MR) is 120 cm³/mol. The second-order valence-corrected chi connectivity index (χ2v) is 7.97. The summed E-state index contributed by atoms with van der Waals surface area (Å²) < 4.78 is 50.8. The number of benzene rings is 2. The van der Waals surface area contributed by atoms with E-state index in [0.29, 0.717) is 35.0 Å². The van der Waals surface area contributed by atoms with E-state index in [4.69, 9.17) is 21.6 Å². The topological polar surface area (TPSA) is 82.3 Å². The van der Waals surface area contributed by atoms with E-state index in [9.17, 15) is 13.2 Å². The fraction of sp³-hybridized carbons (Fsp3) is 0.333. The van der Waals surface area contributed by atoms with E-state index >= 15 is 0 Å². The molecule has 0 aliphatic carbocycles. The third kappa shape index (κ3) is 4.96. The Morgan fingerprint density at radius 1 is 1.27 bits per heavy atom. The highest BCUT2D eigenvalue weighted by Gasteiger charge is 2.31. The third-order valence-corrected chi connectivity index (χ3v) is 5.66. The van der Waals surface area contributed by atoms with Crippen molar-refractivity contribution in [3.8, 4) is 18.1 Å². The van der Waals surface area contributed by atoms with Gasteiger partial charge in [-0.15, -0.1) is 6.42 Å². The molecule has 172 valence electrons. The van der Waals surface area contributed by atoms with E-state index in [0.717, 1.165) is 37.1 Å². The van der Waals surface area contributed by atoms with Crippen LogP contribution in [0.1, 0.15) is 29.2 Å². The van der Waals surface area contributed by atoms with Gasteiger partial charge in [-0.25, -0.2) is 9.97 Å². The molecule has 3 N–H and O–H groups in total. The summed E-state index contributed by atoms with van der Waals surface area (Å²) >= 11 is 0. The van der Waals surface area contributed by atoms with Crippen molar-refractivity contribution in [2.75, 3.05) is 31.4 Å². The van der Waals surface area contributed by atoms with Crippen LogP contribution >= 0.6 is 0 Å². The molecule has 0 bridgehead atoms. The maximum atomic E-state index is 13.3. The van der Waals surface area contributed by atoms with Gasteiger partial charge in [-0.1, -0.05) is 5.92 Å². The van der Waals surface area contributed by atoms with E-state index in [1.807, 2.05) is 12.1 Å². The van der Waals surface area contributed by atoms with Crippen LogP contribution in [-0.2, 0) is 17.3 Å². The highest BCUT2D eigenvalue weighted by atomic mass is 19.4. The smallest absolute Gasteiger partial charge is 0.416 e. The minimum absolute atomic E-state index is 0.0276. The second kappa shape index (κ2) is 9.16. The van der Waals surface area contributed by atoms with Crippen molar-refractivity contribution < 1.29 is 22.6 Å². The predicted octanol–water partition coefficient (Wildman–Crippen LogP) is 4.60. The highest BCUT2D eigenvalue weighted by Crippen LogP contribution is 2.35. The lowest BCUT2D eigenvalue weighted by Gasteiger charge is -2.19. The summed E-state index contributed by atoms with van der Waals surface area (Å²) in [6.07, 6.45) is 4.23. The Morgan fingerprint density at radius 2 is 2.09 bits per heavy atom. The summed E-state index contributed by atoms with van der Waals surface area (Å²) in [7, 11) is 1.60. The van der Waals surface area contributed by atoms with Crippen LogP contribution in [0.3, 0.4) is 0 Å². The van der Waals surface area contributed by atoms with E-state index in [1.165, 1.54) is 12.4 Å². The van der Waals surface area contributed by atoms with E-state index < -0.39 is 17.8 Å². The zero-order valence-corrected chi connectivity index (χ0v) is 17.9. The molecule has 0 spiro atoms. The summed E-state index contributed by atoms with van der Waals surface area (Å²) in [5.74, 6) is 3.99. The average molecular weight is 456 g/mol. The van der Waals surface area contributed by atoms with Crippen LogP contribution in [0.15, 0.2) is 36.7 Å². The quantitative estimate of drug-likeness (QED) is 0.417. The van der Waals surface area contributed by atoms with Crippen molar-refractivity contribution in [1.29, 1.82) is 0 Å². The zero-order valence-electron chi connectivity index (χ0n) is 17.9. The lowest BCUT2D eigenvalue weighted by molar-refractivity contribution is -0.137. The molecule has 0 radical (unpaired) electrons. The monoisotopic (exact) mass is 456 g/mol. The molecule has 2 heterocycles. The summed E-state index contributed by atoms with van der Waals surface area (Å²) in [5.41, 5.74) is 6.63. The molecule has 1 saturated heterocycles. The van der Waals surface area contributed by atoms with Gasteiger partial charge < -0.3 is 20.5 Å². The van der Waals surface area contributed by atoms with Crippen molar-refractivity contribution >= 4 is 22.4 Å². The van der Waals surface area contributed by atoms with Gasteiger partial charge in [-0.3, -0.25) is 0 Å². The molecule has 6 nitrogen and oxygen atoms in total. The molecule has 2 atom stereocenters. The van der Waals surface area contributed by atoms with Crippen LogP contribution in [0, 0.1) is 18.3 Å². The Balaban J connectivity index is 1.71. The van der Waals surface area contributed by atoms with Crippen LogP contribution in [0.5, 0.6) is 5.75 Å². The maximum absolute atomic E-state index is 13.3. The van der Waals surface area contributed by atoms with Gasteiger partial charge in [-0.05, 0) is 54.2 Å². The van der Waals surface area contributed by atoms with Gasteiger partial charge in [0.2, 0.25) is 0 Å². The van der Waals surface area contributed by atoms with Crippen LogP contribution < -0.4 is 15.8 Å². The number of alkyl halides is 3. The van der Waals surface area contributed by atoms with Crippen LogP contribution in [0.4, 0.5) is 24.7 Å². The van der Waals surface area contributed by atoms with Gasteiger partial charge in [0, 0.05) is 30.4 Å². The van der Waals surface area contributed by atoms with Gasteiger partial charge >= 0.3 is 6.18 Å². The molecule has 1 aliphatic heterocycles. The molecule has 33 heavy (non-hydrogen) atoms. The third-order valence-electron chi connectivity index (χ3n) is 5.66. The number of halogens is 3. The van der Waals surface area contributed by atoms with Gasteiger partial charge in [-0.2, -0.15) is 13.2 Å². The standard InChI is InChI=1S/C24H23F3N4O2/c1-3-20(15-7-17(24(25,26)27)10-18(28)8-15)31-23-19-9-16(6-14-4-5-33-12-14)22(32-2)11-21(19)29-13-30-23/h1,7-11,13-14,20H,4-6,12,28H2,2H3,(H,29,30,31)/t14-,20?/m0/s1. The van der Waals surface area contributed by atoms with Crippen molar-refractivity contribution in [1.82, 2.24) is 9.97 Å².